The second-order valence-electron chi connectivity index (χ2n) is 9.97. The maximum Gasteiger partial charge on any atom is 0.211 e. The maximum absolute atomic E-state index is 15.0. The second-order valence-corrected chi connectivity index (χ2v) is 11.9. The van der Waals surface area contributed by atoms with E-state index in [-0.39, 0.29) is 33.6 Å². The first-order valence-corrected chi connectivity index (χ1v) is 14.9. The molecule has 3 aromatic rings. The van der Waals surface area contributed by atoms with E-state index in [1.54, 1.807) is 18.2 Å². The van der Waals surface area contributed by atoms with Crippen molar-refractivity contribution in [1.82, 2.24) is 9.21 Å². The molecule has 1 aliphatic carbocycles. The Hall–Kier alpha value is -3.67. The van der Waals surface area contributed by atoms with Crippen molar-refractivity contribution in [3.05, 3.63) is 94.3 Å². The number of ether oxygens (including phenoxy) is 2. The third-order valence-electron chi connectivity index (χ3n) is 7.31. The zero-order chi connectivity index (χ0) is 29.3. The Morgan fingerprint density at radius 1 is 0.829 bits per heavy atom. The molecule has 0 N–H and O–H groups in total. The Kier molecular flexibility index (Phi) is 8.21. The zero-order valence-electron chi connectivity index (χ0n) is 22.6. The van der Waals surface area contributed by atoms with Crippen LogP contribution in [0.25, 0.3) is 11.1 Å². The highest BCUT2D eigenvalue weighted by Crippen LogP contribution is 2.44. The molecule has 1 heterocycles. The van der Waals surface area contributed by atoms with Crippen molar-refractivity contribution in [2.45, 2.75) is 6.42 Å². The maximum atomic E-state index is 15.0. The fourth-order valence-corrected chi connectivity index (χ4v) is 6.06. The van der Waals surface area contributed by atoms with Crippen molar-refractivity contribution in [3.63, 3.8) is 0 Å². The van der Waals surface area contributed by atoms with Crippen molar-refractivity contribution in [2.24, 2.45) is 0 Å². The van der Waals surface area contributed by atoms with Crippen LogP contribution in [0.15, 0.2) is 54.6 Å². The molecule has 5 rings (SSSR count). The molecule has 1 aliphatic heterocycles. The molecule has 7 nitrogen and oxygen atoms in total. The molecule has 0 bridgehead atoms. The molecule has 0 atom stereocenters. The Bertz CT molecular complexity index is 1630. The monoisotopic (exact) mass is 586 g/mol. The van der Waals surface area contributed by atoms with E-state index in [0.717, 1.165) is 24.7 Å². The van der Waals surface area contributed by atoms with E-state index in [1.807, 2.05) is 0 Å². The first-order chi connectivity index (χ1) is 19.6. The lowest BCUT2D eigenvalue weighted by Gasteiger charge is -2.33. The number of sulfonamides is 1. The van der Waals surface area contributed by atoms with Crippen LogP contribution in [-0.4, -0.2) is 76.1 Å². The van der Waals surface area contributed by atoms with Crippen molar-refractivity contribution in [2.75, 3.05) is 52.7 Å². The number of rotatable bonds is 9. The predicted octanol–water partition coefficient (Wildman–Crippen LogP) is 4.61. The topological polar surface area (TPSA) is 76.2 Å². The molecule has 0 aromatic heterocycles. The number of halogens is 3. The molecule has 1 saturated heterocycles. The van der Waals surface area contributed by atoms with Gasteiger partial charge in [-0.3, -0.25) is 4.79 Å². The van der Waals surface area contributed by atoms with E-state index < -0.39 is 33.3 Å². The number of ketones is 1. The van der Waals surface area contributed by atoms with Gasteiger partial charge in [-0.15, -0.1) is 0 Å². The average molecular weight is 587 g/mol. The molecular weight excluding hydrogens is 557 g/mol. The lowest BCUT2D eigenvalue weighted by molar-refractivity contribution is 0.105. The first kappa shape index (κ1) is 28.8. The number of methoxy groups -OCH3 is 1. The molecule has 0 radical (unpaired) electrons. The van der Waals surface area contributed by atoms with Crippen LogP contribution in [0.5, 0.6) is 11.5 Å². The van der Waals surface area contributed by atoms with E-state index in [1.165, 1.54) is 35.9 Å². The SMILES string of the molecule is COc1ccc(C2=C(c3ccc(F)cc3F)c3ccc(OCCCN4CCN(S(C)(=O)=O)CC4)cc3C2=O)cc1F. The van der Waals surface area contributed by atoms with Gasteiger partial charge in [0.05, 0.1) is 20.0 Å². The fraction of sp³-hybridized carbons (Fsp3) is 0.300. The molecule has 41 heavy (non-hydrogen) atoms. The van der Waals surface area contributed by atoms with Gasteiger partial charge in [0.25, 0.3) is 0 Å². The van der Waals surface area contributed by atoms with E-state index >= 15 is 0 Å². The standard InChI is InChI=1S/C30H29F3N2O5S/c1-39-27-9-4-19(16-26(27)33)28-29(23-7-5-20(31)17-25(23)32)22-8-6-21(18-24(22)30(28)36)40-15-3-10-34-11-13-35(14-12-34)41(2,37)38/h4-9,16-18H,3,10-15H2,1-2H3. The number of fused-ring (bicyclic) bond motifs is 1. The lowest BCUT2D eigenvalue weighted by atomic mass is 9.93. The van der Waals surface area contributed by atoms with Gasteiger partial charge in [0.1, 0.15) is 17.4 Å². The summed E-state index contributed by atoms with van der Waals surface area (Å²) in [4.78, 5) is 15.9. The molecule has 0 amide bonds. The van der Waals surface area contributed by atoms with Gasteiger partial charge >= 0.3 is 0 Å². The van der Waals surface area contributed by atoms with Gasteiger partial charge in [-0.2, -0.15) is 4.31 Å². The highest BCUT2D eigenvalue weighted by atomic mass is 32.2. The van der Waals surface area contributed by atoms with Crippen molar-refractivity contribution in [1.29, 1.82) is 0 Å². The Morgan fingerprint density at radius 3 is 2.22 bits per heavy atom. The Labute approximate surface area is 236 Å². The number of carbonyl (C=O) groups is 1. The summed E-state index contributed by atoms with van der Waals surface area (Å²) in [6, 6.07) is 12.1. The predicted molar refractivity (Wildman–Crippen MR) is 149 cm³/mol. The minimum absolute atomic E-state index is 0.000199. The first-order valence-electron chi connectivity index (χ1n) is 13.1. The second kappa shape index (κ2) is 11.7. The molecule has 11 heteroatoms. The Morgan fingerprint density at radius 2 is 1.56 bits per heavy atom. The van der Waals surface area contributed by atoms with E-state index in [2.05, 4.69) is 4.90 Å². The number of allylic oxidation sites excluding steroid dienone is 1. The molecular formula is C30H29F3N2O5S. The van der Waals surface area contributed by atoms with Gasteiger partial charge in [0.15, 0.2) is 17.3 Å². The summed E-state index contributed by atoms with van der Waals surface area (Å²) in [5, 5.41) is 0. The fourth-order valence-electron chi connectivity index (χ4n) is 5.23. The number of Topliss-reactive ketones (excluding diaryl/α,β-unsaturated/α-hetero) is 1. The summed E-state index contributed by atoms with van der Waals surface area (Å²) in [7, 11) is -1.86. The molecule has 0 unspecified atom stereocenters. The van der Waals surface area contributed by atoms with Crippen LogP contribution in [0.2, 0.25) is 0 Å². The van der Waals surface area contributed by atoms with Crippen LogP contribution in [0.3, 0.4) is 0 Å². The molecule has 2 aliphatic rings. The van der Waals surface area contributed by atoms with Gasteiger partial charge in [0.2, 0.25) is 10.0 Å². The highest BCUT2D eigenvalue weighted by molar-refractivity contribution is 7.88. The van der Waals surface area contributed by atoms with Gasteiger partial charge in [0, 0.05) is 61.1 Å². The normalized spacial score (nSPS) is 16.3. The number of carbonyl (C=O) groups excluding carboxylic acids is 1. The number of piperazine rings is 1. The van der Waals surface area contributed by atoms with Gasteiger partial charge in [-0.25, -0.2) is 21.6 Å². The average Bonchev–Trinajstić information content (AvgIpc) is 3.22. The van der Waals surface area contributed by atoms with Crippen LogP contribution in [0, 0.1) is 17.5 Å². The van der Waals surface area contributed by atoms with Crippen LogP contribution in [-0.2, 0) is 10.0 Å². The van der Waals surface area contributed by atoms with Crippen molar-refractivity contribution in [3.8, 4) is 11.5 Å². The third kappa shape index (κ3) is 6.02. The van der Waals surface area contributed by atoms with Crippen LogP contribution in [0.1, 0.15) is 33.5 Å². The zero-order valence-corrected chi connectivity index (χ0v) is 23.4. The largest absolute Gasteiger partial charge is 0.494 e. The van der Waals surface area contributed by atoms with Crippen LogP contribution >= 0.6 is 0 Å². The summed E-state index contributed by atoms with van der Waals surface area (Å²) >= 11 is 0. The van der Waals surface area contributed by atoms with Crippen LogP contribution in [0.4, 0.5) is 13.2 Å². The third-order valence-corrected chi connectivity index (χ3v) is 8.61. The van der Waals surface area contributed by atoms with Gasteiger partial charge in [-0.05, 0) is 60.0 Å². The van der Waals surface area contributed by atoms with E-state index in [9.17, 15) is 26.4 Å². The minimum Gasteiger partial charge on any atom is -0.494 e. The van der Waals surface area contributed by atoms with Crippen molar-refractivity contribution >= 4 is 27.0 Å². The van der Waals surface area contributed by atoms with Gasteiger partial charge in [-0.1, -0.05) is 6.07 Å². The lowest BCUT2D eigenvalue weighted by Crippen LogP contribution is -2.48. The number of benzene rings is 3. The van der Waals surface area contributed by atoms with E-state index in [0.29, 0.717) is 50.5 Å². The molecule has 0 saturated carbocycles. The summed E-state index contributed by atoms with van der Waals surface area (Å²) in [5.74, 6) is -2.27. The summed E-state index contributed by atoms with van der Waals surface area (Å²) in [6.07, 6.45) is 1.90. The molecule has 3 aromatic carbocycles. The molecule has 0 spiro atoms. The quantitative estimate of drug-likeness (QED) is 0.341. The summed E-state index contributed by atoms with van der Waals surface area (Å²) in [5.41, 5.74) is 1.30. The van der Waals surface area contributed by atoms with Crippen LogP contribution < -0.4 is 9.47 Å². The summed E-state index contributed by atoms with van der Waals surface area (Å²) in [6.45, 7) is 3.29. The molecule has 1 fully saturated rings. The van der Waals surface area contributed by atoms with Gasteiger partial charge < -0.3 is 14.4 Å². The van der Waals surface area contributed by atoms with Crippen molar-refractivity contribution < 1.29 is 35.9 Å². The smallest absolute Gasteiger partial charge is 0.211 e. The number of hydrogen-bond donors (Lipinski definition) is 0. The number of nitrogens with zero attached hydrogens (tertiary/aromatic N) is 2. The highest BCUT2D eigenvalue weighted by Gasteiger charge is 2.33. The Balaban J connectivity index is 1.35. The molecule has 216 valence electrons. The minimum atomic E-state index is -3.18. The summed E-state index contributed by atoms with van der Waals surface area (Å²) < 4.78 is 79.1. The van der Waals surface area contributed by atoms with E-state index in [4.69, 9.17) is 9.47 Å². The number of hydrogen-bond acceptors (Lipinski definition) is 6.